The minimum atomic E-state index is 0.107. The molecule has 1 aromatic rings. The van der Waals surface area contributed by atoms with Crippen LogP contribution in [0.2, 0.25) is 0 Å². The lowest BCUT2D eigenvalue weighted by molar-refractivity contribution is 0.101. The molecular weight excluding hydrogens is 214 g/mol. The Kier molecular flexibility index (Phi) is 3.71. The van der Waals surface area contributed by atoms with Gasteiger partial charge in [-0.15, -0.1) is 5.10 Å². The number of aryl methyl sites for hydroxylation is 1. The van der Waals surface area contributed by atoms with Crippen LogP contribution in [0.15, 0.2) is 17.8 Å². The number of aromatic nitrogens is 3. The van der Waals surface area contributed by atoms with Crippen LogP contribution in [0.1, 0.15) is 50.0 Å². The van der Waals surface area contributed by atoms with Crippen LogP contribution in [0.5, 0.6) is 0 Å². The predicted molar refractivity (Wildman–Crippen MR) is 65.7 cm³/mol. The quantitative estimate of drug-likeness (QED) is 0.751. The summed E-state index contributed by atoms with van der Waals surface area (Å²) in [7, 11) is 0. The maximum Gasteiger partial charge on any atom is 0.208 e. The van der Waals surface area contributed by atoms with Crippen LogP contribution in [0.25, 0.3) is 0 Å². The molecule has 0 fully saturated rings. The van der Waals surface area contributed by atoms with Crippen molar-refractivity contribution in [3.63, 3.8) is 0 Å². The lowest BCUT2D eigenvalue weighted by Crippen LogP contribution is -2.15. The standard InChI is InChI=1S/C13H19N3O/c1-3-8-16-12(9-14-15-16)13(17)11-6-4-10(2)5-7-11/h6,9-10H,3-5,7-8H2,1-2H3. The van der Waals surface area contributed by atoms with Crippen molar-refractivity contribution in [1.82, 2.24) is 15.0 Å². The average Bonchev–Trinajstić information content (AvgIpc) is 2.78. The van der Waals surface area contributed by atoms with Gasteiger partial charge in [-0.1, -0.05) is 25.1 Å². The van der Waals surface area contributed by atoms with Crippen molar-refractivity contribution in [2.24, 2.45) is 5.92 Å². The van der Waals surface area contributed by atoms with Crippen LogP contribution in [0.3, 0.4) is 0 Å². The molecule has 0 bridgehead atoms. The highest BCUT2D eigenvalue weighted by molar-refractivity contribution is 6.07. The third-order valence-corrected chi connectivity index (χ3v) is 3.25. The molecule has 0 amide bonds. The molecule has 4 nitrogen and oxygen atoms in total. The molecule has 0 spiro atoms. The summed E-state index contributed by atoms with van der Waals surface area (Å²) in [6.45, 7) is 5.04. The summed E-state index contributed by atoms with van der Waals surface area (Å²) in [5.41, 5.74) is 1.57. The second-order valence-corrected chi connectivity index (χ2v) is 4.78. The molecule has 92 valence electrons. The molecule has 1 aliphatic carbocycles. The van der Waals surface area contributed by atoms with E-state index in [1.807, 2.05) is 0 Å². The lowest BCUT2D eigenvalue weighted by Gasteiger charge is -2.17. The number of Topliss-reactive ketones (excluding diaryl/α,β-unsaturated/α-hetero) is 1. The van der Waals surface area contributed by atoms with Crippen LogP contribution < -0.4 is 0 Å². The molecule has 1 unspecified atom stereocenters. The third-order valence-electron chi connectivity index (χ3n) is 3.25. The first-order valence-corrected chi connectivity index (χ1v) is 6.34. The third kappa shape index (κ3) is 2.62. The summed E-state index contributed by atoms with van der Waals surface area (Å²) in [4.78, 5) is 12.3. The molecule has 0 saturated heterocycles. The minimum Gasteiger partial charge on any atom is -0.287 e. The van der Waals surface area contributed by atoms with Gasteiger partial charge < -0.3 is 0 Å². The van der Waals surface area contributed by atoms with Crippen molar-refractivity contribution < 1.29 is 4.79 Å². The van der Waals surface area contributed by atoms with E-state index < -0.39 is 0 Å². The van der Waals surface area contributed by atoms with E-state index in [0.717, 1.165) is 37.8 Å². The van der Waals surface area contributed by atoms with Gasteiger partial charge in [-0.05, 0) is 37.2 Å². The van der Waals surface area contributed by atoms with E-state index in [-0.39, 0.29) is 5.78 Å². The van der Waals surface area contributed by atoms with Gasteiger partial charge in [0.25, 0.3) is 0 Å². The van der Waals surface area contributed by atoms with Gasteiger partial charge in [-0.2, -0.15) is 0 Å². The van der Waals surface area contributed by atoms with E-state index in [0.29, 0.717) is 11.6 Å². The van der Waals surface area contributed by atoms with Crippen LogP contribution in [-0.4, -0.2) is 20.8 Å². The number of nitrogens with zero attached hydrogens (tertiary/aromatic N) is 3. The Bertz CT molecular complexity index is 434. The summed E-state index contributed by atoms with van der Waals surface area (Å²) in [5, 5.41) is 7.79. The Morgan fingerprint density at radius 3 is 3.06 bits per heavy atom. The second kappa shape index (κ2) is 5.25. The highest BCUT2D eigenvalue weighted by Gasteiger charge is 2.20. The molecule has 4 heteroatoms. The fourth-order valence-electron chi connectivity index (χ4n) is 2.15. The zero-order valence-electron chi connectivity index (χ0n) is 10.5. The zero-order chi connectivity index (χ0) is 12.3. The van der Waals surface area contributed by atoms with Crippen LogP contribution in [0, 0.1) is 5.92 Å². The van der Waals surface area contributed by atoms with Gasteiger partial charge in [0.15, 0.2) is 0 Å². The minimum absolute atomic E-state index is 0.107. The first-order valence-electron chi connectivity index (χ1n) is 6.34. The lowest BCUT2D eigenvalue weighted by atomic mass is 9.88. The molecule has 1 aromatic heterocycles. The van der Waals surface area contributed by atoms with E-state index in [9.17, 15) is 4.79 Å². The highest BCUT2D eigenvalue weighted by Crippen LogP contribution is 2.25. The predicted octanol–water partition coefficient (Wildman–Crippen LogP) is 2.62. The number of rotatable bonds is 4. The topological polar surface area (TPSA) is 47.8 Å². The summed E-state index contributed by atoms with van der Waals surface area (Å²) < 4.78 is 1.71. The molecule has 0 N–H and O–H groups in total. The summed E-state index contributed by atoms with van der Waals surface area (Å²) in [6, 6.07) is 0. The van der Waals surface area contributed by atoms with Crippen molar-refractivity contribution >= 4 is 5.78 Å². The molecule has 0 aliphatic heterocycles. The molecule has 0 aromatic carbocycles. The molecule has 2 rings (SSSR count). The van der Waals surface area contributed by atoms with Gasteiger partial charge >= 0.3 is 0 Å². The Morgan fingerprint density at radius 2 is 2.41 bits per heavy atom. The number of allylic oxidation sites excluding steroid dienone is 2. The molecule has 1 atom stereocenters. The van der Waals surface area contributed by atoms with Gasteiger partial charge in [0.2, 0.25) is 5.78 Å². The SMILES string of the molecule is CCCn1nncc1C(=O)C1=CCC(C)CC1. The van der Waals surface area contributed by atoms with Gasteiger partial charge in [0.1, 0.15) is 5.69 Å². The van der Waals surface area contributed by atoms with Gasteiger partial charge in [-0.25, -0.2) is 4.68 Å². The first kappa shape index (κ1) is 12.0. The fraction of sp³-hybridized carbons (Fsp3) is 0.615. The van der Waals surface area contributed by atoms with Gasteiger partial charge in [0.05, 0.1) is 6.20 Å². The smallest absolute Gasteiger partial charge is 0.208 e. The molecular formula is C13H19N3O. The van der Waals surface area contributed by atoms with E-state index in [1.165, 1.54) is 0 Å². The van der Waals surface area contributed by atoms with Crippen molar-refractivity contribution in [3.8, 4) is 0 Å². The van der Waals surface area contributed by atoms with Crippen LogP contribution >= 0.6 is 0 Å². The van der Waals surface area contributed by atoms with Gasteiger partial charge in [0, 0.05) is 6.54 Å². The van der Waals surface area contributed by atoms with Crippen LogP contribution in [-0.2, 0) is 6.54 Å². The number of carbonyl (C=O) groups excluding carboxylic acids is 1. The largest absolute Gasteiger partial charge is 0.287 e. The zero-order valence-corrected chi connectivity index (χ0v) is 10.5. The Labute approximate surface area is 102 Å². The molecule has 1 heterocycles. The maximum atomic E-state index is 12.3. The van der Waals surface area contributed by atoms with E-state index in [2.05, 4.69) is 30.2 Å². The van der Waals surface area contributed by atoms with Crippen molar-refractivity contribution in [2.75, 3.05) is 0 Å². The Morgan fingerprint density at radius 1 is 1.59 bits per heavy atom. The number of hydrogen-bond donors (Lipinski definition) is 0. The normalized spacial score (nSPS) is 20.1. The fourth-order valence-corrected chi connectivity index (χ4v) is 2.15. The van der Waals surface area contributed by atoms with E-state index >= 15 is 0 Å². The molecule has 0 radical (unpaired) electrons. The average molecular weight is 233 g/mol. The molecule has 17 heavy (non-hydrogen) atoms. The Balaban J connectivity index is 2.16. The second-order valence-electron chi connectivity index (χ2n) is 4.78. The first-order chi connectivity index (χ1) is 8.22. The summed E-state index contributed by atoms with van der Waals surface area (Å²) in [5.74, 6) is 0.806. The number of carbonyl (C=O) groups is 1. The Hall–Kier alpha value is -1.45. The van der Waals surface area contributed by atoms with E-state index in [1.54, 1.807) is 10.9 Å². The number of hydrogen-bond acceptors (Lipinski definition) is 3. The molecule has 1 aliphatic rings. The van der Waals surface area contributed by atoms with Crippen molar-refractivity contribution in [3.05, 3.63) is 23.5 Å². The van der Waals surface area contributed by atoms with Crippen LogP contribution in [0.4, 0.5) is 0 Å². The van der Waals surface area contributed by atoms with E-state index in [4.69, 9.17) is 0 Å². The highest BCUT2D eigenvalue weighted by atomic mass is 16.1. The van der Waals surface area contributed by atoms with Crippen molar-refractivity contribution in [2.45, 2.75) is 46.1 Å². The monoisotopic (exact) mass is 233 g/mol. The van der Waals surface area contributed by atoms with Crippen molar-refractivity contribution in [1.29, 1.82) is 0 Å². The maximum absolute atomic E-state index is 12.3. The molecule has 0 saturated carbocycles. The number of ketones is 1. The summed E-state index contributed by atoms with van der Waals surface area (Å²) in [6.07, 6.45) is 7.62. The summed E-state index contributed by atoms with van der Waals surface area (Å²) >= 11 is 0. The van der Waals surface area contributed by atoms with Gasteiger partial charge in [-0.3, -0.25) is 4.79 Å².